The number of amides is 1. The minimum atomic E-state index is -0.167. The number of nitrogens with zero attached hydrogens (tertiary/aromatic N) is 1. The molecule has 6 nitrogen and oxygen atoms in total. The SMILES string of the molecule is CO[C@H]1COC[C@@H]1NC(=O)c1cn[nH]c1-c1cccs1. The molecule has 1 aliphatic rings. The van der Waals surface area contributed by atoms with Gasteiger partial charge in [0.25, 0.3) is 5.91 Å². The van der Waals surface area contributed by atoms with Crippen LogP contribution in [0.3, 0.4) is 0 Å². The van der Waals surface area contributed by atoms with Crippen LogP contribution in [0.15, 0.2) is 23.7 Å². The summed E-state index contributed by atoms with van der Waals surface area (Å²) in [5.74, 6) is -0.167. The van der Waals surface area contributed by atoms with Crippen LogP contribution in [0.25, 0.3) is 10.6 Å². The van der Waals surface area contributed by atoms with Gasteiger partial charge in [0.2, 0.25) is 0 Å². The van der Waals surface area contributed by atoms with Crippen molar-refractivity contribution in [3.63, 3.8) is 0 Å². The highest BCUT2D eigenvalue weighted by molar-refractivity contribution is 7.13. The average molecular weight is 293 g/mol. The van der Waals surface area contributed by atoms with Gasteiger partial charge in [-0.05, 0) is 11.4 Å². The maximum atomic E-state index is 12.4. The summed E-state index contributed by atoms with van der Waals surface area (Å²) >= 11 is 1.56. The first kappa shape index (κ1) is 13.3. The van der Waals surface area contributed by atoms with Gasteiger partial charge in [0.05, 0.1) is 41.6 Å². The van der Waals surface area contributed by atoms with Crippen molar-refractivity contribution in [2.75, 3.05) is 20.3 Å². The molecule has 0 unspecified atom stereocenters. The van der Waals surface area contributed by atoms with Crippen LogP contribution in [0.4, 0.5) is 0 Å². The van der Waals surface area contributed by atoms with E-state index in [-0.39, 0.29) is 18.1 Å². The first-order valence-electron chi connectivity index (χ1n) is 6.28. The summed E-state index contributed by atoms with van der Waals surface area (Å²) in [5, 5.41) is 11.7. The number of carbonyl (C=O) groups excluding carboxylic acids is 1. The highest BCUT2D eigenvalue weighted by Gasteiger charge is 2.30. The zero-order valence-corrected chi connectivity index (χ0v) is 11.8. The molecule has 1 amide bonds. The molecule has 0 saturated carbocycles. The molecule has 0 spiro atoms. The third-order valence-electron chi connectivity index (χ3n) is 3.30. The van der Waals surface area contributed by atoms with Crippen molar-refractivity contribution in [3.05, 3.63) is 29.3 Å². The fourth-order valence-electron chi connectivity index (χ4n) is 2.21. The molecule has 20 heavy (non-hydrogen) atoms. The van der Waals surface area contributed by atoms with E-state index in [4.69, 9.17) is 9.47 Å². The van der Waals surface area contributed by atoms with Crippen molar-refractivity contribution in [3.8, 4) is 10.6 Å². The molecule has 106 valence electrons. The lowest BCUT2D eigenvalue weighted by Gasteiger charge is -2.17. The Morgan fingerprint density at radius 2 is 2.50 bits per heavy atom. The van der Waals surface area contributed by atoms with Crippen molar-refractivity contribution in [1.29, 1.82) is 0 Å². The van der Waals surface area contributed by atoms with Crippen LogP contribution in [-0.2, 0) is 9.47 Å². The van der Waals surface area contributed by atoms with E-state index in [9.17, 15) is 4.79 Å². The minimum Gasteiger partial charge on any atom is -0.377 e. The molecular weight excluding hydrogens is 278 g/mol. The summed E-state index contributed by atoms with van der Waals surface area (Å²) < 4.78 is 10.6. The quantitative estimate of drug-likeness (QED) is 0.890. The van der Waals surface area contributed by atoms with Crippen LogP contribution in [-0.4, -0.2) is 48.6 Å². The number of thiophene rings is 1. The molecule has 1 saturated heterocycles. The Balaban J connectivity index is 1.77. The van der Waals surface area contributed by atoms with Gasteiger partial charge in [-0.3, -0.25) is 9.89 Å². The fourth-order valence-corrected chi connectivity index (χ4v) is 2.95. The second-order valence-electron chi connectivity index (χ2n) is 4.53. The molecule has 3 heterocycles. The lowest BCUT2D eigenvalue weighted by molar-refractivity contribution is 0.0685. The van der Waals surface area contributed by atoms with E-state index in [0.717, 1.165) is 10.6 Å². The smallest absolute Gasteiger partial charge is 0.255 e. The third-order valence-corrected chi connectivity index (χ3v) is 4.19. The number of ether oxygens (including phenoxy) is 2. The number of hydrogen-bond acceptors (Lipinski definition) is 5. The van der Waals surface area contributed by atoms with Crippen molar-refractivity contribution in [1.82, 2.24) is 15.5 Å². The van der Waals surface area contributed by atoms with E-state index in [1.165, 1.54) is 0 Å². The maximum Gasteiger partial charge on any atom is 0.255 e. The molecule has 2 aromatic rings. The van der Waals surface area contributed by atoms with E-state index in [0.29, 0.717) is 18.8 Å². The lowest BCUT2D eigenvalue weighted by Crippen LogP contribution is -2.43. The zero-order valence-electron chi connectivity index (χ0n) is 11.0. The predicted molar refractivity (Wildman–Crippen MR) is 74.8 cm³/mol. The highest BCUT2D eigenvalue weighted by Crippen LogP contribution is 2.25. The summed E-state index contributed by atoms with van der Waals surface area (Å²) in [5.41, 5.74) is 1.28. The molecule has 7 heteroatoms. The lowest BCUT2D eigenvalue weighted by atomic mass is 10.1. The summed E-state index contributed by atoms with van der Waals surface area (Å²) in [6.45, 7) is 0.973. The Morgan fingerprint density at radius 1 is 1.60 bits per heavy atom. The van der Waals surface area contributed by atoms with Crippen LogP contribution < -0.4 is 5.32 Å². The van der Waals surface area contributed by atoms with Gasteiger partial charge in [0.1, 0.15) is 6.10 Å². The van der Waals surface area contributed by atoms with E-state index in [2.05, 4.69) is 15.5 Å². The Hall–Kier alpha value is -1.70. The van der Waals surface area contributed by atoms with E-state index in [1.54, 1.807) is 24.6 Å². The standard InChI is InChI=1S/C13H15N3O3S/c1-18-10-7-19-6-9(10)15-13(17)8-5-14-16-12(8)11-3-2-4-20-11/h2-5,9-10H,6-7H2,1H3,(H,14,16)(H,15,17)/t9-,10-/m0/s1. The number of aromatic amines is 1. The Labute approximate surface area is 120 Å². The summed E-state index contributed by atoms with van der Waals surface area (Å²) in [4.78, 5) is 13.3. The third kappa shape index (κ3) is 2.47. The van der Waals surface area contributed by atoms with E-state index < -0.39 is 0 Å². The highest BCUT2D eigenvalue weighted by atomic mass is 32.1. The molecule has 0 bridgehead atoms. The number of carbonyl (C=O) groups is 1. The van der Waals surface area contributed by atoms with Gasteiger partial charge < -0.3 is 14.8 Å². The van der Waals surface area contributed by atoms with Crippen LogP contribution in [0, 0.1) is 0 Å². The van der Waals surface area contributed by atoms with Crippen LogP contribution >= 0.6 is 11.3 Å². The summed E-state index contributed by atoms with van der Waals surface area (Å²) in [6, 6.07) is 3.76. The van der Waals surface area contributed by atoms with Crippen LogP contribution in [0.1, 0.15) is 10.4 Å². The second-order valence-corrected chi connectivity index (χ2v) is 5.48. The van der Waals surface area contributed by atoms with Crippen molar-refractivity contribution in [2.24, 2.45) is 0 Å². The molecule has 0 aliphatic carbocycles. The number of methoxy groups -OCH3 is 1. The van der Waals surface area contributed by atoms with Crippen molar-refractivity contribution in [2.45, 2.75) is 12.1 Å². The number of H-pyrrole nitrogens is 1. The summed E-state index contributed by atoms with van der Waals surface area (Å²) in [6.07, 6.45) is 1.44. The van der Waals surface area contributed by atoms with E-state index in [1.807, 2.05) is 17.5 Å². The molecule has 2 N–H and O–H groups in total. The molecule has 2 atom stereocenters. The van der Waals surface area contributed by atoms with Gasteiger partial charge in [-0.1, -0.05) is 6.07 Å². The Morgan fingerprint density at radius 3 is 3.25 bits per heavy atom. The number of aromatic nitrogens is 2. The average Bonchev–Trinajstić information content (AvgIpc) is 3.19. The molecule has 2 aromatic heterocycles. The van der Waals surface area contributed by atoms with Gasteiger partial charge in [0.15, 0.2) is 0 Å². The van der Waals surface area contributed by atoms with Gasteiger partial charge in [-0.2, -0.15) is 5.10 Å². The second kappa shape index (κ2) is 5.74. The monoisotopic (exact) mass is 293 g/mol. The van der Waals surface area contributed by atoms with Crippen molar-refractivity contribution >= 4 is 17.2 Å². The van der Waals surface area contributed by atoms with Crippen molar-refractivity contribution < 1.29 is 14.3 Å². The fraction of sp³-hybridized carbons (Fsp3) is 0.385. The topological polar surface area (TPSA) is 76.2 Å². The minimum absolute atomic E-state index is 0.101. The molecule has 1 fully saturated rings. The number of nitrogens with one attached hydrogen (secondary N) is 2. The Bertz CT molecular complexity index is 581. The Kier molecular flexibility index (Phi) is 3.81. The van der Waals surface area contributed by atoms with Gasteiger partial charge >= 0.3 is 0 Å². The van der Waals surface area contributed by atoms with Crippen LogP contribution in [0.5, 0.6) is 0 Å². The molecule has 1 aliphatic heterocycles. The number of hydrogen-bond donors (Lipinski definition) is 2. The molecule has 0 aromatic carbocycles. The van der Waals surface area contributed by atoms with Gasteiger partial charge in [-0.15, -0.1) is 11.3 Å². The van der Waals surface area contributed by atoms with Crippen LogP contribution in [0.2, 0.25) is 0 Å². The molecule has 3 rings (SSSR count). The zero-order chi connectivity index (χ0) is 13.9. The van der Waals surface area contributed by atoms with Gasteiger partial charge in [0, 0.05) is 7.11 Å². The largest absolute Gasteiger partial charge is 0.377 e. The molecule has 0 radical (unpaired) electrons. The van der Waals surface area contributed by atoms with E-state index >= 15 is 0 Å². The normalized spacial score (nSPS) is 22.1. The molecular formula is C13H15N3O3S. The first-order chi connectivity index (χ1) is 9.79. The number of rotatable bonds is 4. The van der Waals surface area contributed by atoms with Gasteiger partial charge in [-0.25, -0.2) is 0 Å². The maximum absolute atomic E-state index is 12.4. The first-order valence-corrected chi connectivity index (χ1v) is 7.16. The predicted octanol–water partition coefficient (Wildman–Crippen LogP) is 1.28. The summed E-state index contributed by atoms with van der Waals surface area (Å²) in [7, 11) is 1.62.